The number of alkyl halides is 3. The largest absolute Gasteiger partial charge is 0.490 e. The van der Waals surface area contributed by atoms with Gasteiger partial charge >= 0.3 is 12.1 Å². The van der Waals surface area contributed by atoms with E-state index in [1.54, 1.807) is 14.0 Å². The number of piperazine rings is 1. The van der Waals surface area contributed by atoms with Crippen LogP contribution in [0.5, 0.6) is 0 Å². The van der Waals surface area contributed by atoms with E-state index in [0.29, 0.717) is 17.6 Å². The van der Waals surface area contributed by atoms with Crippen molar-refractivity contribution in [2.75, 3.05) is 31.1 Å². The molecular weight excluding hydrogens is 393 g/mol. The zero-order chi connectivity index (χ0) is 21.8. The van der Waals surface area contributed by atoms with Gasteiger partial charge in [-0.3, -0.25) is 9.36 Å². The van der Waals surface area contributed by atoms with E-state index in [1.165, 1.54) is 4.68 Å². The van der Waals surface area contributed by atoms with E-state index in [9.17, 15) is 18.0 Å². The van der Waals surface area contributed by atoms with Gasteiger partial charge in [-0.05, 0) is 13.8 Å². The van der Waals surface area contributed by atoms with Gasteiger partial charge in [0.2, 0.25) is 5.95 Å². The molecule has 3 heterocycles. The highest BCUT2D eigenvalue weighted by molar-refractivity contribution is 5.80. The van der Waals surface area contributed by atoms with Crippen LogP contribution in [0.15, 0.2) is 4.79 Å². The highest BCUT2D eigenvalue weighted by atomic mass is 19.4. The Bertz CT molecular complexity index is 1010. The summed E-state index contributed by atoms with van der Waals surface area (Å²) in [7, 11) is 1.67. The van der Waals surface area contributed by atoms with Gasteiger partial charge in [0.15, 0.2) is 0 Å². The van der Waals surface area contributed by atoms with Crippen molar-refractivity contribution in [3.05, 3.63) is 16.0 Å². The third kappa shape index (κ3) is 5.05. The number of carbonyl (C=O) groups is 1. The van der Waals surface area contributed by atoms with E-state index in [2.05, 4.69) is 27.2 Å². The second kappa shape index (κ2) is 8.95. The van der Waals surface area contributed by atoms with E-state index in [-0.39, 0.29) is 5.56 Å². The number of aryl methyl sites for hydroxylation is 2. The summed E-state index contributed by atoms with van der Waals surface area (Å²) < 4.78 is 35.0. The Hall–Kier alpha value is -3.07. The molecule has 1 aliphatic rings. The van der Waals surface area contributed by atoms with Crippen molar-refractivity contribution in [3.63, 3.8) is 0 Å². The number of hydrogen-bond donors (Lipinski definition) is 2. The quantitative estimate of drug-likeness (QED) is 0.690. The minimum Gasteiger partial charge on any atom is -0.475 e. The fraction of sp³-hybridized carbons (Fsp3) is 0.529. The summed E-state index contributed by atoms with van der Waals surface area (Å²) in [5.74, 6) is 4.00. The summed E-state index contributed by atoms with van der Waals surface area (Å²) in [5.41, 5.74) is 1.89. The van der Waals surface area contributed by atoms with Crippen molar-refractivity contribution in [3.8, 4) is 11.8 Å². The number of aromatic nitrogens is 4. The highest BCUT2D eigenvalue weighted by Crippen LogP contribution is 2.22. The van der Waals surface area contributed by atoms with Crippen LogP contribution in [-0.4, -0.2) is 62.8 Å². The molecular formula is C17H21F3N6O3. The zero-order valence-corrected chi connectivity index (χ0v) is 16.2. The van der Waals surface area contributed by atoms with Crippen molar-refractivity contribution < 1.29 is 23.1 Å². The molecule has 9 nitrogen and oxygen atoms in total. The fourth-order valence-corrected chi connectivity index (χ4v) is 2.80. The van der Waals surface area contributed by atoms with Crippen LogP contribution in [0.25, 0.3) is 11.0 Å². The van der Waals surface area contributed by atoms with Gasteiger partial charge < -0.3 is 15.3 Å². The average Bonchev–Trinajstić information content (AvgIpc) is 3.05. The average molecular weight is 414 g/mol. The van der Waals surface area contributed by atoms with E-state index >= 15 is 0 Å². The summed E-state index contributed by atoms with van der Waals surface area (Å²) in [4.78, 5) is 28.3. The van der Waals surface area contributed by atoms with Gasteiger partial charge in [-0.1, -0.05) is 5.92 Å². The van der Waals surface area contributed by atoms with Crippen LogP contribution in [0.1, 0.15) is 12.6 Å². The Balaban J connectivity index is 0.000000370. The Morgan fingerprint density at radius 3 is 2.41 bits per heavy atom. The predicted molar refractivity (Wildman–Crippen MR) is 99.7 cm³/mol. The summed E-state index contributed by atoms with van der Waals surface area (Å²) in [6, 6.07) is 0. The van der Waals surface area contributed by atoms with Crippen LogP contribution < -0.4 is 15.8 Å². The first-order valence-electron chi connectivity index (χ1n) is 8.67. The number of aliphatic carboxylic acids is 1. The Morgan fingerprint density at radius 2 is 1.90 bits per heavy atom. The van der Waals surface area contributed by atoms with Gasteiger partial charge in [-0.2, -0.15) is 18.3 Å². The number of fused-ring (bicyclic) bond motifs is 1. The van der Waals surface area contributed by atoms with Crippen molar-refractivity contribution >= 4 is 23.0 Å². The molecule has 1 aliphatic heterocycles. The molecule has 2 aromatic rings. The number of rotatable bonds is 2. The number of anilines is 1. The van der Waals surface area contributed by atoms with Gasteiger partial charge in [0.1, 0.15) is 11.0 Å². The van der Waals surface area contributed by atoms with Crippen LogP contribution in [0.4, 0.5) is 19.1 Å². The molecule has 1 saturated heterocycles. The molecule has 0 amide bonds. The molecule has 0 radical (unpaired) electrons. The van der Waals surface area contributed by atoms with Crippen LogP contribution in [0.3, 0.4) is 0 Å². The summed E-state index contributed by atoms with van der Waals surface area (Å²) >= 11 is 0. The van der Waals surface area contributed by atoms with Gasteiger partial charge in [-0.25, -0.2) is 14.5 Å². The molecule has 0 aliphatic carbocycles. The lowest BCUT2D eigenvalue weighted by Gasteiger charge is -2.28. The number of nitrogens with zero attached hydrogens (tertiary/aromatic N) is 5. The molecule has 0 bridgehead atoms. The molecule has 3 rings (SSSR count). The second-order valence-electron chi connectivity index (χ2n) is 6.18. The van der Waals surface area contributed by atoms with E-state index < -0.39 is 12.1 Å². The van der Waals surface area contributed by atoms with Gasteiger partial charge in [0.25, 0.3) is 5.56 Å². The Morgan fingerprint density at radius 1 is 1.31 bits per heavy atom. The molecule has 2 aromatic heterocycles. The standard InChI is InChI=1S/C15H20N6O.C2HF3O2/c1-4-5-8-21-13-12(11(2)18-19(3)14(13)22)17-15(21)20-9-6-16-7-10-20;3-2(4,5)1(6)7/h16H,6-10H2,1-3H3;(H,6,7). The number of halogens is 3. The minimum absolute atomic E-state index is 0.132. The SMILES string of the molecule is CC#CCn1c(N2CCNCC2)nc2c(C)nn(C)c(=O)c21.O=C(O)C(F)(F)F. The second-order valence-corrected chi connectivity index (χ2v) is 6.18. The van der Waals surface area contributed by atoms with Gasteiger partial charge in [-0.15, -0.1) is 5.92 Å². The molecule has 0 spiro atoms. The first-order valence-corrected chi connectivity index (χ1v) is 8.67. The smallest absolute Gasteiger partial charge is 0.475 e. The van der Waals surface area contributed by atoms with E-state index in [4.69, 9.17) is 14.9 Å². The first kappa shape index (κ1) is 22.2. The molecule has 0 saturated carbocycles. The van der Waals surface area contributed by atoms with Crippen molar-refractivity contribution in [1.29, 1.82) is 0 Å². The topological polar surface area (TPSA) is 105 Å². The lowest BCUT2D eigenvalue weighted by atomic mass is 10.3. The number of nitrogens with one attached hydrogen (secondary N) is 1. The number of carboxylic acid groups (broad SMARTS) is 1. The maximum Gasteiger partial charge on any atom is 0.490 e. The first-order chi connectivity index (χ1) is 13.6. The van der Waals surface area contributed by atoms with Crippen LogP contribution in [-0.2, 0) is 18.4 Å². The van der Waals surface area contributed by atoms with Gasteiger partial charge in [0.05, 0.1) is 12.2 Å². The Kier molecular flexibility index (Phi) is 6.86. The highest BCUT2D eigenvalue weighted by Gasteiger charge is 2.38. The molecule has 12 heteroatoms. The maximum atomic E-state index is 12.5. The third-order valence-electron chi connectivity index (χ3n) is 4.14. The molecule has 0 atom stereocenters. The lowest BCUT2D eigenvalue weighted by molar-refractivity contribution is -0.192. The summed E-state index contributed by atoms with van der Waals surface area (Å²) in [5, 5.41) is 14.7. The summed E-state index contributed by atoms with van der Waals surface area (Å²) in [6.07, 6.45) is -5.08. The third-order valence-corrected chi connectivity index (χ3v) is 4.14. The molecule has 0 aromatic carbocycles. The predicted octanol–water partition coefficient (Wildman–Crippen LogP) is 0.505. The molecule has 0 unspecified atom stereocenters. The van der Waals surface area contributed by atoms with Crippen molar-refractivity contribution in [2.24, 2.45) is 7.05 Å². The number of hydrogen-bond acceptors (Lipinski definition) is 6. The molecule has 2 N–H and O–H groups in total. The van der Waals surface area contributed by atoms with Crippen molar-refractivity contribution in [1.82, 2.24) is 24.6 Å². The lowest BCUT2D eigenvalue weighted by Crippen LogP contribution is -2.44. The van der Waals surface area contributed by atoms with Crippen LogP contribution in [0.2, 0.25) is 0 Å². The van der Waals surface area contributed by atoms with Gasteiger partial charge in [0, 0.05) is 33.2 Å². The van der Waals surface area contributed by atoms with Crippen molar-refractivity contribution in [2.45, 2.75) is 26.6 Å². The Labute approximate surface area is 164 Å². The molecule has 1 fully saturated rings. The fourth-order valence-electron chi connectivity index (χ4n) is 2.80. The monoisotopic (exact) mass is 414 g/mol. The summed E-state index contributed by atoms with van der Waals surface area (Å²) in [6.45, 7) is 7.72. The number of carboxylic acids is 1. The minimum atomic E-state index is -5.08. The molecule has 29 heavy (non-hydrogen) atoms. The van der Waals surface area contributed by atoms with E-state index in [1.807, 2.05) is 11.5 Å². The molecule has 158 valence electrons. The van der Waals surface area contributed by atoms with Crippen LogP contribution >= 0.6 is 0 Å². The normalized spacial score (nSPS) is 14.1. The van der Waals surface area contributed by atoms with Crippen LogP contribution in [0, 0.1) is 18.8 Å². The number of imidazole rings is 1. The maximum absolute atomic E-state index is 12.5. The zero-order valence-electron chi connectivity index (χ0n) is 16.2. The van der Waals surface area contributed by atoms with E-state index in [0.717, 1.165) is 37.8 Å².